The maximum Gasteiger partial charge on any atom is 0.321 e. The van der Waals surface area contributed by atoms with E-state index in [1.807, 2.05) is 18.2 Å². The highest BCUT2D eigenvalue weighted by Gasteiger charge is 2.24. The Morgan fingerprint density at radius 1 is 1.00 bits per heavy atom. The molecule has 0 saturated carbocycles. The quantitative estimate of drug-likeness (QED) is 0.848. The van der Waals surface area contributed by atoms with Gasteiger partial charge in [0.1, 0.15) is 5.75 Å². The van der Waals surface area contributed by atoms with Gasteiger partial charge in [-0.25, -0.2) is 9.97 Å². The van der Waals surface area contributed by atoms with Crippen molar-refractivity contribution in [1.29, 1.82) is 0 Å². The predicted molar refractivity (Wildman–Crippen MR) is 93.5 cm³/mol. The minimum atomic E-state index is 0.0810. The van der Waals surface area contributed by atoms with E-state index in [9.17, 15) is 0 Å². The lowest BCUT2D eigenvalue weighted by Gasteiger charge is -2.33. The number of rotatable bonds is 6. The first kappa shape index (κ1) is 17.4. The molecule has 2 rings (SSSR count). The molecule has 4 nitrogen and oxygen atoms in total. The number of hydrogen-bond donors (Lipinski definition) is 1. The van der Waals surface area contributed by atoms with E-state index >= 15 is 0 Å². The maximum atomic E-state index is 5.68. The number of nitrogens with zero attached hydrogens (tertiary/aromatic N) is 2. The summed E-state index contributed by atoms with van der Waals surface area (Å²) in [4.78, 5) is 8.16. The van der Waals surface area contributed by atoms with Gasteiger partial charge in [-0.15, -0.1) is 0 Å². The Balaban J connectivity index is 1.97. The van der Waals surface area contributed by atoms with Crippen LogP contribution in [0.15, 0.2) is 42.7 Å². The van der Waals surface area contributed by atoms with Crippen LogP contribution in [0.1, 0.15) is 46.6 Å². The molecule has 0 saturated heterocycles. The molecule has 0 aliphatic heterocycles. The zero-order valence-electron chi connectivity index (χ0n) is 14.8. The van der Waals surface area contributed by atoms with Crippen molar-refractivity contribution in [3.8, 4) is 11.8 Å². The topological polar surface area (TPSA) is 47.0 Å². The second kappa shape index (κ2) is 7.09. The summed E-state index contributed by atoms with van der Waals surface area (Å²) in [6, 6.07) is 10.2. The number of benzene rings is 1. The first-order valence-electron chi connectivity index (χ1n) is 8.02. The van der Waals surface area contributed by atoms with Crippen LogP contribution >= 0.6 is 0 Å². The molecule has 0 aliphatic carbocycles. The van der Waals surface area contributed by atoms with Gasteiger partial charge in [0.15, 0.2) is 0 Å². The van der Waals surface area contributed by atoms with E-state index < -0.39 is 0 Å². The second-order valence-corrected chi connectivity index (χ2v) is 7.76. The van der Waals surface area contributed by atoms with E-state index in [-0.39, 0.29) is 5.54 Å². The van der Waals surface area contributed by atoms with Crippen LogP contribution in [0.2, 0.25) is 0 Å². The zero-order chi connectivity index (χ0) is 16.9. The molecule has 0 radical (unpaired) electrons. The van der Waals surface area contributed by atoms with Crippen molar-refractivity contribution in [3.63, 3.8) is 0 Å². The molecule has 0 aliphatic rings. The minimum Gasteiger partial charge on any atom is -0.424 e. The van der Waals surface area contributed by atoms with Crippen LogP contribution in [-0.2, 0) is 6.54 Å². The molecule has 0 spiro atoms. The highest BCUT2D eigenvalue weighted by atomic mass is 16.5. The monoisotopic (exact) mass is 313 g/mol. The van der Waals surface area contributed by atoms with Crippen LogP contribution in [0, 0.1) is 5.41 Å². The van der Waals surface area contributed by atoms with Crippen molar-refractivity contribution in [3.05, 3.63) is 48.3 Å². The lowest BCUT2D eigenvalue weighted by Crippen LogP contribution is -2.41. The van der Waals surface area contributed by atoms with Gasteiger partial charge in [0, 0.05) is 24.5 Å². The minimum absolute atomic E-state index is 0.0810. The van der Waals surface area contributed by atoms with E-state index in [4.69, 9.17) is 4.74 Å². The third-order valence-electron chi connectivity index (χ3n) is 3.39. The molecule has 1 N–H and O–H groups in total. The van der Waals surface area contributed by atoms with Crippen molar-refractivity contribution in [2.24, 2.45) is 5.41 Å². The Bertz CT molecular complexity index is 618. The molecule has 4 heteroatoms. The van der Waals surface area contributed by atoms with E-state index in [0.717, 1.165) is 18.7 Å². The summed E-state index contributed by atoms with van der Waals surface area (Å²) in [5.41, 5.74) is 1.56. The lowest BCUT2D eigenvalue weighted by atomic mass is 9.82. The Hall–Kier alpha value is -1.94. The summed E-state index contributed by atoms with van der Waals surface area (Å²) in [7, 11) is 0. The summed E-state index contributed by atoms with van der Waals surface area (Å²) in [6.45, 7) is 12.1. The fourth-order valence-electron chi connectivity index (χ4n) is 2.89. The van der Waals surface area contributed by atoms with Gasteiger partial charge in [-0.3, -0.25) is 0 Å². The molecule has 1 aromatic carbocycles. The van der Waals surface area contributed by atoms with Gasteiger partial charge in [-0.1, -0.05) is 32.9 Å². The van der Waals surface area contributed by atoms with Crippen LogP contribution in [0.5, 0.6) is 11.8 Å². The van der Waals surface area contributed by atoms with Gasteiger partial charge in [-0.2, -0.15) is 0 Å². The van der Waals surface area contributed by atoms with Gasteiger partial charge in [0.05, 0.1) is 0 Å². The standard InChI is InChI=1S/C19H27N3O/c1-18(2,3)14-19(4,5)22-13-15-8-6-9-16(12-15)23-17-20-10-7-11-21-17/h6-12,22H,13-14H2,1-5H3. The van der Waals surface area contributed by atoms with Crippen molar-refractivity contribution in [1.82, 2.24) is 15.3 Å². The molecule has 124 valence electrons. The summed E-state index contributed by atoms with van der Waals surface area (Å²) >= 11 is 0. The van der Waals surface area contributed by atoms with E-state index in [1.54, 1.807) is 18.5 Å². The van der Waals surface area contributed by atoms with Gasteiger partial charge >= 0.3 is 6.01 Å². The van der Waals surface area contributed by atoms with E-state index in [1.165, 1.54) is 5.56 Å². The van der Waals surface area contributed by atoms with Crippen molar-refractivity contribution in [2.75, 3.05) is 0 Å². The third-order valence-corrected chi connectivity index (χ3v) is 3.39. The molecule has 0 atom stereocenters. The summed E-state index contributed by atoms with van der Waals surface area (Å²) in [5, 5.41) is 3.64. The second-order valence-electron chi connectivity index (χ2n) is 7.76. The molecular formula is C19H27N3O. The molecule has 0 amide bonds. The molecule has 0 fully saturated rings. The van der Waals surface area contributed by atoms with Crippen molar-refractivity contribution in [2.45, 2.75) is 53.1 Å². The molecule has 0 bridgehead atoms. The van der Waals surface area contributed by atoms with Crippen LogP contribution in [-0.4, -0.2) is 15.5 Å². The molecule has 0 unspecified atom stereocenters. The molecule has 1 heterocycles. The SMILES string of the molecule is CC(C)(C)CC(C)(C)NCc1cccc(Oc2ncccn2)c1. The average Bonchev–Trinajstić information content (AvgIpc) is 2.44. The average molecular weight is 313 g/mol. The molecule has 23 heavy (non-hydrogen) atoms. The van der Waals surface area contributed by atoms with Crippen molar-refractivity contribution < 1.29 is 4.74 Å². The smallest absolute Gasteiger partial charge is 0.321 e. The molecule has 2 aromatic rings. The summed E-state index contributed by atoms with van der Waals surface area (Å²) in [6.07, 6.45) is 4.44. The van der Waals surface area contributed by atoms with Crippen LogP contribution in [0.3, 0.4) is 0 Å². The van der Waals surface area contributed by atoms with Crippen molar-refractivity contribution >= 4 is 0 Å². The Labute approximate surface area is 139 Å². The summed E-state index contributed by atoms with van der Waals surface area (Å²) < 4.78 is 5.68. The first-order valence-corrected chi connectivity index (χ1v) is 8.02. The van der Waals surface area contributed by atoms with Gasteiger partial charge in [0.25, 0.3) is 0 Å². The molecular weight excluding hydrogens is 286 g/mol. The Kier molecular flexibility index (Phi) is 5.37. The Morgan fingerprint density at radius 2 is 1.70 bits per heavy atom. The normalized spacial score (nSPS) is 12.2. The van der Waals surface area contributed by atoms with Gasteiger partial charge in [-0.05, 0) is 49.4 Å². The first-order chi connectivity index (χ1) is 10.7. The van der Waals surface area contributed by atoms with E-state index in [0.29, 0.717) is 11.4 Å². The van der Waals surface area contributed by atoms with Gasteiger partial charge in [0.2, 0.25) is 0 Å². The lowest BCUT2D eigenvalue weighted by molar-refractivity contribution is 0.240. The predicted octanol–water partition coefficient (Wildman–Crippen LogP) is 4.57. The largest absolute Gasteiger partial charge is 0.424 e. The third kappa shape index (κ3) is 6.37. The van der Waals surface area contributed by atoms with Crippen LogP contribution in [0.4, 0.5) is 0 Å². The number of nitrogens with one attached hydrogen (secondary N) is 1. The highest BCUT2D eigenvalue weighted by molar-refractivity contribution is 5.30. The molecule has 1 aromatic heterocycles. The number of ether oxygens (including phenoxy) is 1. The van der Waals surface area contributed by atoms with Crippen LogP contribution in [0.25, 0.3) is 0 Å². The maximum absolute atomic E-state index is 5.68. The fraction of sp³-hybridized carbons (Fsp3) is 0.474. The van der Waals surface area contributed by atoms with Gasteiger partial charge < -0.3 is 10.1 Å². The number of hydrogen-bond acceptors (Lipinski definition) is 4. The number of aromatic nitrogens is 2. The zero-order valence-corrected chi connectivity index (χ0v) is 14.8. The Morgan fingerprint density at radius 3 is 2.35 bits per heavy atom. The highest BCUT2D eigenvalue weighted by Crippen LogP contribution is 2.27. The van der Waals surface area contributed by atoms with Crippen LogP contribution < -0.4 is 10.1 Å². The summed E-state index contributed by atoms with van der Waals surface area (Å²) in [5.74, 6) is 0.754. The fourth-order valence-corrected chi connectivity index (χ4v) is 2.89. The van der Waals surface area contributed by atoms with E-state index in [2.05, 4.69) is 56.0 Å².